The van der Waals surface area contributed by atoms with Gasteiger partial charge in [-0.2, -0.15) is 13.2 Å². The predicted molar refractivity (Wildman–Crippen MR) is 173 cm³/mol. The highest BCUT2D eigenvalue weighted by Gasteiger charge is 2.30. The SMILES string of the molecule is CCCCOCCOCCOCCOCCOCCOCCOCCOCCOC(=O)c1ccccc1Nc1cccc(C(F)(F)F)c1. The molecule has 0 aliphatic rings. The molecule has 1 N–H and O–H groups in total. The molecule has 0 aliphatic carbocycles. The first kappa shape index (κ1) is 41.4. The highest BCUT2D eigenvalue weighted by Crippen LogP contribution is 2.32. The summed E-state index contributed by atoms with van der Waals surface area (Å²) in [5.74, 6) is -0.625. The first-order valence-corrected chi connectivity index (χ1v) is 16.2. The molecule has 0 aliphatic heterocycles. The van der Waals surface area contributed by atoms with Gasteiger partial charge in [0.1, 0.15) is 6.61 Å². The zero-order valence-electron chi connectivity index (χ0n) is 27.8. The van der Waals surface area contributed by atoms with Gasteiger partial charge in [0.15, 0.2) is 0 Å². The minimum atomic E-state index is -4.47. The summed E-state index contributed by atoms with van der Waals surface area (Å²) < 4.78 is 87.9. The lowest BCUT2D eigenvalue weighted by molar-refractivity contribution is -0.137. The Balaban J connectivity index is 1.35. The van der Waals surface area contributed by atoms with E-state index in [0.717, 1.165) is 31.6 Å². The van der Waals surface area contributed by atoms with E-state index in [0.29, 0.717) is 98.2 Å². The maximum atomic E-state index is 13.0. The largest absolute Gasteiger partial charge is 0.460 e. The maximum absolute atomic E-state index is 13.0. The van der Waals surface area contributed by atoms with Crippen LogP contribution in [0.25, 0.3) is 0 Å². The zero-order valence-corrected chi connectivity index (χ0v) is 27.8. The van der Waals surface area contributed by atoms with Crippen LogP contribution >= 0.6 is 0 Å². The van der Waals surface area contributed by atoms with Gasteiger partial charge in [-0.15, -0.1) is 0 Å². The molecule has 2 rings (SSSR count). The van der Waals surface area contributed by atoms with Gasteiger partial charge in [0, 0.05) is 12.3 Å². The number of anilines is 2. The van der Waals surface area contributed by atoms with Crippen LogP contribution in [-0.4, -0.2) is 118 Å². The molecule has 2 aromatic rings. The van der Waals surface area contributed by atoms with Crippen LogP contribution in [0, 0.1) is 0 Å². The van der Waals surface area contributed by atoms with Crippen molar-refractivity contribution in [3.05, 3.63) is 59.7 Å². The number of para-hydroxylation sites is 1. The van der Waals surface area contributed by atoms with Crippen molar-refractivity contribution in [2.45, 2.75) is 25.9 Å². The number of ether oxygens (including phenoxy) is 9. The van der Waals surface area contributed by atoms with Crippen molar-refractivity contribution < 1.29 is 60.6 Å². The monoisotopic (exact) mass is 689 g/mol. The maximum Gasteiger partial charge on any atom is 0.416 e. The number of halogens is 3. The van der Waals surface area contributed by atoms with Gasteiger partial charge in [0.2, 0.25) is 0 Å². The lowest BCUT2D eigenvalue weighted by atomic mass is 10.1. The van der Waals surface area contributed by atoms with Crippen LogP contribution in [0.1, 0.15) is 35.7 Å². The van der Waals surface area contributed by atoms with Gasteiger partial charge >= 0.3 is 12.1 Å². The van der Waals surface area contributed by atoms with Crippen molar-refractivity contribution in [3.8, 4) is 0 Å². The number of alkyl halides is 3. The lowest BCUT2D eigenvalue weighted by Crippen LogP contribution is -2.16. The van der Waals surface area contributed by atoms with E-state index in [1.165, 1.54) is 18.2 Å². The van der Waals surface area contributed by atoms with E-state index < -0.39 is 17.7 Å². The summed E-state index contributed by atoms with van der Waals surface area (Å²) in [6, 6.07) is 11.1. The molecule has 0 saturated carbocycles. The Morgan fingerprint density at radius 2 is 1.02 bits per heavy atom. The number of carbonyl (C=O) groups is 1. The molecule has 14 heteroatoms. The molecule has 0 fully saturated rings. The zero-order chi connectivity index (χ0) is 34.5. The predicted octanol–water partition coefficient (Wildman–Crippen LogP) is 5.54. The lowest BCUT2D eigenvalue weighted by Gasteiger charge is -2.13. The average molecular weight is 690 g/mol. The third-order valence-corrected chi connectivity index (χ3v) is 6.32. The number of benzene rings is 2. The molecule has 272 valence electrons. The van der Waals surface area contributed by atoms with Gasteiger partial charge in [0.05, 0.1) is 116 Å². The number of hydrogen-bond acceptors (Lipinski definition) is 11. The van der Waals surface area contributed by atoms with E-state index in [2.05, 4.69) is 12.2 Å². The highest BCUT2D eigenvalue weighted by molar-refractivity contribution is 5.96. The topological polar surface area (TPSA) is 112 Å². The Labute approximate surface area is 281 Å². The van der Waals surface area contributed by atoms with Crippen molar-refractivity contribution in [1.82, 2.24) is 0 Å². The molecule has 0 amide bonds. The Morgan fingerprint density at radius 3 is 1.48 bits per heavy atom. The first-order valence-electron chi connectivity index (χ1n) is 16.2. The number of unbranched alkanes of at least 4 members (excludes halogenated alkanes) is 1. The van der Waals surface area contributed by atoms with Crippen LogP contribution in [0.2, 0.25) is 0 Å². The van der Waals surface area contributed by atoms with E-state index in [1.807, 2.05) is 0 Å². The molecule has 2 aromatic carbocycles. The Kier molecular flexibility index (Phi) is 23.3. The molecule has 0 unspecified atom stereocenters. The van der Waals surface area contributed by atoms with Crippen molar-refractivity contribution in [1.29, 1.82) is 0 Å². The summed E-state index contributed by atoms with van der Waals surface area (Å²) in [5, 5.41) is 2.86. The van der Waals surface area contributed by atoms with E-state index in [9.17, 15) is 18.0 Å². The molecule has 11 nitrogen and oxygen atoms in total. The van der Waals surface area contributed by atoms with E-state index in [-0.39, 0.29) is 24.5 Å². The van der Waals surface area contributed by atoms with Gasteiger partial charge in [-0.05, 0) is 36.8 Å². The standard InChI is InChI=1S/C34H50F3NO10/c1-2-3-11-40-12-13-41-14-15-42-16-17-43-18-19-44-20-21-45-22-23-46-24-25-47-26-27-48-33(39)31-9-4-5-10-32(31)38-30-8-6-7-29(28-30)34(35,36)37/h4-10,28,38H,2-3,11-27H2,1H3. The Hall–Kier alpha value is -2.82. The second kappa shape index (κ2) is 27.1. The third kappa shape index (κ3) is 20.5. The normalized spacial score (nSPS) is 11.6. The number of esters is 1. The van der Waals surface area contributed by atoms with Crippen molar-refractivity contribution in [2.24, 2.45) is 0 Å². The molecule has 0 bridgehead atoms. The van der Waals surface area contributed by atoms with Gasteiger partial charge in [-0.25, -0.2) is 4.79 Å². The molecule has 0 spiro atoms. The van der Waals surface area contributed by atoms with Crippen molar-refractivity contribution in [3.63, 3.8) is 0 Å². The smallest absolute Gasteiger partial charge is 0.416 e. The number of rotatable bonds is 30. The van der Waals surface area contributed by atoms with Crippen LogP contribution in [0.5, 0.6) is 0 Å². The van der Waals surface area contributed by atoms with E-state index >= 15 is 0 Å². The van der Waals surface area contributed by atoms with Crippen LogP contribution in [0.3, 0.4) is 0 Å². The summed E-state index contributed by atoms with van der Waals surface area (Å²) in [7, 11) is 0. The second-order valence-corrected chi connectivity index (χ2v) is 10.1. The average Bonchev–Trinajstić information content (AvgIpc) is 3.08. The van der Waals surface area contributed by atoms with Gasteiger partial charge < -0.3 is 47.9 Å². The summed E-state index contributed by atoms with van der Waals surface area (Å²) in [6.07, 6.45) is -2.27. The Bertz CT molecular complexity index is 1090. The van der Waals surface area contributed by atoms with Gasteiger partial charge in [0.25, 0.3) is 0 Å². The fourth-order valence-corrected chi connectivity index (χ4v) is 3.86. The quantitative estimate of drug-likeness (QED) is 0.0825. The van der Waals surface area contributed by atoms with Gasteiger partial charge in [-0.1, -0.05) is 31.5 Å². The number of carbonyl (C=O) groups excluding carboxylic acids is 1. The second-order valence-electron chi connectivity index (χ2n) is 10.1. The fraction of sp³-hybridized carbons (Fsp3) is 0.618. The van der Waals surface area contributed by atoms with E-state index in [4.69, 9.17) is 42.6 Å². The summed E-state index contributed by atoms with van der Waals surface area (Å²) in [4.78, 5) is 12.6. The van der Waals surface area contributed by atoms with Crippen molar-refractivity contribution >= 4 is 17.3 Å². The Morgan fingerprint density at radius 1 is 0.583 bits per heavy atom. The van der Waals surface area contributed by atoms with Crippen LogP contribution in [0.4, 0.5) is 24.5 Å². The van der Waals surface area contributed by atoms with Crippen molar-refractivity contribution in [2.75, 3.05) is 118 Å². The third-order valence-electron chi connectivity index (χ3n) is 6.32. The molecule has 0 saturated heterocycles. The van der Waals surface area contributed by atoms with Crippen LogP contribution in [0.15, 0.2) is 48.5 Å². The minimum absolute atomic E-state index is 0.00391. The highest BCUT2D eigenvalue weighted by atomic mass is 19.4. The minimum Gasteiger partial charge on any atom is -0.460 e. The molecular formula is C34H50F3NO10. The summed E-state index contributed by atoms with van der Waals surface area (Å²) >= 11 is 0. The fourth-order valence-electron chi connectivity index (χ4n) is 3.86. The molecular weight excluding hydrogens is 639 g/mol. The molecule has 0 aromatic heterocycles. The van der Waals surface area contributed by atoms with Crippen LogP contribution < -0.4 is 5.32 Å². The summed E-state index contributed by atoms with van der Waals surface area (Å²) in [5.41, 5.74) is -0.0772. The molecule has 48 heavy (non-hydrogen) atoms. The molecule has 0 heterocycles. The summed E-state index contributed by atoms with van der Waals surface area (Å²) in [6.45, 7) is 9.63. The molecule has 0 atom stereocenters. The molecule has 0 radical (unpaired) electrons. The van der Waals surface area contributed by atoms with Gasteiger partial charge in [-0.3, -0.25) is 0 Å². The van der Waals surface area contributed by atoms with Crippen LogP contribution in [-0.2, 0) is 48.8 Å². The number of hydrogen-bond donors (Lipinski definition) is 1. The first-order chi connectivity index (χ1) is 23.4. The van der Waals surface area contributed by atoms with E-state index in [1.54, 1.807) is 18.2 Å². The number of nitrogens with one attached hydrogen (secondary N) is 1.